The first-order valence-corrected chi connectivity index (χ1v) is 8.32. The average Bonchev–Trinajstić information content (AvgIpc) is 2.91. The molecule has 1 aliphatic heterocycles. The zero-order chi connectivity index (χ0) is 15.5. The van der Waals surface area contributed by atoms with Gasteiger partial charge >= 0.3 is 11.8 Å². The van der Waals surface area contributed by atoms with E-state index in [1.54, 1.807) is 0 Å². The number of amidine groups is 1. The normalized spacial score (nSPS) is 14.4. The summed E-state index contributed by atoms with van der Waals surface area (Å²) in [6.07, 6.45) is 0. The number of thioether (sulfide) groups is 1. The number of amides is 2. The van der Waals surface area contributed by atoms with Gasteiger partial charge in [-0.3, -0.25) is 19.9 Å². The topological polar surface area (TPSA) is 131 Å². The Morgan fingerprint density at radius 1 is 1.14 bits per heavy atom. The minimum atomic E-state index is -3.79. The molecule has 112 valence electrons. The molecule has 0 saturated carbocycles. The van der Waals surface area contributed by atoms with E-state index < -0.39 is 21.8 Å². The van der Waals surface area contributed by atoms with Crippen molar-refractivity contribution in [2.24, 2.45) is 10.1 Å². The quantitative estimate of drug-likeness (QED) is 0.629. The third-order valence-corrected chi connectivity index (χ3v) is 4.27. The van der Waals surface area contributed by atoms with E-state index in [1.807, 2.05) is 0 Å². The summed E-state index contributed by atoms with van der Waals surface area (Å²) < 4.78 is 22.2. The summed E-state index contributed by atoms with van der Waals surface area (Å²) in [7, 11) is -3.79. The van der Waals surface area contributed by atoms with Crippen LogP contribution in [0.4, 0.5) is 5.69 Å². The number of carbonyl (C=O) groups is 2. The number of hydrogen-bond donors (Lipinski definition) is 3. The molecular weight excluding hydrogens is 316 g/mol. The maximum absolute atomic E-state index is 11.7. The van der Waals surface area contributed by atoms with Gasteiger partial charge < -0.3 is 5.32 Å². The van der Waals surface area contributed by atoms with Crippen LogP contribution in [0.2, 0.25) is 0 Å². The maximum atomic E-state index is 11.7. The second-order valence-corrected chi connectivity index (χ2v) is 6.66. The van der Waals surface area contributed by atoms with Crippen LogP contribution in [-0.4, -0.2) is 37.7 Å². The first kappa shape index (κ1) is 15.5. The van der Waals surface area contributed by atoms with Gasteiger partial charge in [-0.25, -0.2) is 13.6 Å². The van der Waals surface area contributed by atoms with Gasteiger partial charge in [-0.1, -0.05) is 11.8 Å². The Hall–Kier alpha value is -1.91. The van der Waals surface area contributed by atoms with E-state index >= 15 is 0 Å². The van der Waals surface area contributed by atoms with Crippen LogP contribution in [0.15, 0.2) is 34.2 Å². The minimum Gasteiger partial charge on any atom is -0.318 e. The van der Waals surface area contributed by atoms with E-state index in [9.17, 15) is 18.0 Å². The molecular formula is C11H12N4O4S2. The number of benzene rings is 1. The number of hydrogen-bond acceptors (Lipinski definition) is 6. The second kappa shape index (κ2) is 6.24. The van der Waals surface area contributed by atoms with Crippen molar-refractivity contribution in [3.05, 3.63) is 24.3 Å². The zero-order valence-electron chi connectivity index (χ0n) is 10.7. The molecule has 2 amide bonds. The predicted octanol–water partition coefficient (Wildman–Crippen LogP) is -0.508. The Morgan fingerprint density at radius 2 is 1.76 bits per heavy atom. The molecule has 0 aromatic heterocycles. The highest BCUT2D eigenvalue weighted by atomic mass is 32.2. The standard InChI is InChI=1S/C11H12N4O4S2/c12-21(18,19)8-3-1-7(2-4-8)14-9(16)10(17)15-11-13-5-6-20-11/h1-4H,5-6H2,(H,14,16)(H2,12,18,19)(H,13,15,17). The first-order chi connectivity index (χ1) is 9.86. The van der Waals surface area contributed by atoms with Crippen LogP contribution in [0.1, 0.15) is 0 Å². The van der Waals surface area contributed by atoms with Crippen LogP contribution in [0.25, 0.3) is 0 Å². The van der Waals surface area contributed by atoms with Gasteiger partial charge in [0.05, 0.1) is 11.4 Å². The molecule has 1 heterocycles. The van der Waals surface area contributed by atoms with E-state index in [0.717, 1.165) is 5.75 Å². The second-order valence-electron chi connectivity index (χ2n) is 4.01. The Bertz CT molecular complexity index is 697. The van der Waals surface area contributed by atoms with E-state index in [0.29, 0.717) is 11.7 Å². The van der Waals surface area contributed by atoms with Gasteiger partial charge in [-0.05, 0) is 24.3 Å². The fourth-order valence-corrected chi connectivity index (χ4v) is 2.72. The van der Waals surface area contributed by atoms with Crippen molar-refractivity contribution in [3.8, 4) is 0 Å². The van der Waals surface area contributed by atoms with Crippen LogP contribution in [-0.2, 0) is 19.6 Å². The number of nitrogens with two attached hydrogens (primary N) is 1. The van der Waals surface area contributed by atoms with Gasteiger partial charge in [0.1, 0.15) is 0 Å². The van der Waals surface area contributed by atoms with Gasteiger partial charge in [0, 0.05) is 11.4 Å². The number of nitrogens with zero attached hydrogens (tertiary/aromatic N) is 1. The van der Waals surface area contributed by atoms with Crippen LogP contribution >= 0.6 is 11.8 Å². The molecule has 0 fully saturated rings. The Kier molecular flexibility index (Phi) is 4.60. The monoisotopic (exact) mass is 328 g/mol. The van der Waals surface area contributed by atoms with Crippen molar-refractivity contribution in [3.63, 3.8) is 0 Å². The number of nitrogens with one attached hydrogen (secondary N) is 2. The molecule has 21 heavy (non-hydrogen) atoms. The van der Waals surface area contributed by atoms with Gasteiger partial charge in [-0.2, -0.15) is 0 Å². The summed E-state index contributed by atoms with van der Waals surface area (Å²) in [5, 5.41) is 10.1. The summed E-state index contributed by atoms with van der Waals surface area (Å²) in [5.41, 5.74) is 0.281. The highest BCUT2D eigenvalue weighted by Crippen LogP contribution is 2.13. The third-order valence-electron chi connectivity index (χ3n) is 2.45. The maximum Gasteiger partial charge on any atom is 0.315 e. The van der Waals surface area contributed by atoms with Gasteiger partial charge in [0.2, 0.25) is 10.0 Å². The van der Waals surface area contributed by atoms with E-state index in [1.165, 1.54) is 36.0 Å². The lowest BCUT2D eigenvalue weighted by Gasteiger charge is -2.06. The number of anilines is 1. The van der Waals surface area contributed by atoms with E-state index in [-0.39, 0.29) is 10.6 Å². The smallest absolute Gasteiger partial charge is 0.315 e. The van der Waals surface area contributed by atoms with Crippen molar-refractivity contribution < 1.29 is 18.0 Å². The zero-order valence-corrected chi connectivity index (χ0v) is 12.3. The molecule has 0 radical (unpaired) electrons. The summed E-state index contributed by atoms with van der Waals surface area (Å²) in [4.78, 5) is 27.2. The van der Waals surface area contributed by atoms with Crippen LogP contribution in [0, 0.1) is 0 Å². The fraction of sp³-hybridized carbons (Fsp3) is 0.182. The molecule has 0 unspecified atom stereocenters. The lowest BCUT2D eigenvalue weighted by atomic mass is 10.3. The van der Waals surface area contributed by atoms with Gasteiger partial charge in [-0.15, -0.1) is 0 Å². The molecule has 4 N–H and O–H groups in total. The lowest BCUT2D eigenvalue weighted by Crippen LogP contribution is -2.37. The van der Waals surface area contributed by atoms with Crippen LogP contribution < -0.4 is 15.8 Å². The molecule has 1 aliphatic rings. The summed E-state index contributed by atoms with van der Waals surface area (Å²) in [5.74, 6) is -0.932. The van der Waals surface area contributed by atoms with Crippen molar-refractivity contribution in [1.29, 1.82) is 0 Å². The Morgan fingerprint density at radius 3 is 2.29 bits per heavy atom. The SMILES string of the molecule is NS(=O)(=O)c1ccc(NC(=O)C(=O)NC2=NCCS2)cc1. The highest BCUT2D eigenvalue weighted by molar-refractivity contribution is 8.14. The van der Waals surface area contributed by atoms with Crippen LogP contribution in [0.5, 0.6) is 0 Å². The lowest BCUT2D eigenvalue weighted by molar-refractivity contribution is -0.135. The predicted molar refractivity (Wildman–Crippen MR) is 79.3 cm³/mol. The summed E-state index contributed by atoms with van der Waals surface area (Å²) >= 11 is 1.36. The number of rotatable bonds is 2. The summed E-state index contributed by atoms with van der Waals surface area (Å²) in [6, 6.07) is 5.15. The number of aliphatic imine (C=N–C) groups is 1. The van der Waals surface area contributed by atoms with Crippen LogP contribution in [0.3, 0.4) is 0 Å². The molecule has 8 nitrogen and oxygen atoms in total. The van der Waals surface area contributed by atoms with Crippen molar-refractivity contribution in [2.45, 2.75) is 4.90 Å². The number of primary sulfonamides is 1. The van der Waals surface area contributed by atoms with Gasteiger partial charge in [0.15, 0.2) is 5.17 Å². The Balaban J connectivity index is 1.97. The van der Waals surface area contributed by atoms with Crippen molar-refractivity contribution >= 4 is 44.5 Å². The van der Waals surface area contributed by atoms with E-state index in [4.69, 9.17) is 5.14 Å². The van der Waals surface area contributed by atoms with E-state index in [2.05, 4.69) is 15.6 Å². The highest BCUT2D eigenvalue weighted by Gasteiger charge is 2.18. The van der Waals surface area contributed by atoms with Gasteiger partial charge in [0.25, 0.3) is 0 Å². The molecule has 0 bridgehead atoms. The molecule has 10 heteroatoms. The number of carbonyl (C=O) groups excluding carboxylic acids is 2. The van der Waals surface area contributed by atoms with Crippen molar-refractivity contribution in [1.82, 2.24) is 5.32 Å². The molecule has 2 rings (SSSR count). The largest absolute Gasteiger partial charge is 0.318 e. The summed E-state index contributed by atoms with van der Waals surface area (Å²) in [6.45, 7) is 0.608. The molecule has 0 aliphatic carbocycles. The Labute approximate surface area is 125 Å². The molecule has 1 aromatic carbocycles. The first-order valence-electron chi connectivity index (χ1n) is 5.79. The average molecular weight is 328 g/mol. The molecule has 0 spiro atoms. The van der Waals surface area contributed by atoms with Crippen molar-refractivity contribution in [2.75, 3.05) is 17.6 Å². The minimum absolute atomic E-state index is 0.0818. The number of sulfonamides is 1. The third kappa shape index (κ3) is 4.28. The molecule has 0 saturated heterocycles. The molecule has 1 aromatic rings. The molecule has 0 atom stereocenters. The fourth-order valence-electron chi connectivity index (χ4n) is 1.48.